The summed E-state index contributed by atoms with van der Waals surface area (Å²) in [5.74, 6) is 0.0527. The van der Waals surface area contributed by atoms with E-state index in [1.807, 2.05) is 11.0 Å². The number of nitrogens with one attached hydrogen (secondary N) is 1. The quantitative estimate of drug-likeness (QED) is 0.651. The number of hydrogen-bond donors (Lipinski definition) is 1. The van der Waals surface area contributed by atoms with E-state index in [0.29, 0.717) is 13.0 Å². The van der Waals surface area contributed by atoms with Crippen LogP contribution in [0.1, 0.15) is 12.5 Å². The maximum Gasteiger partial charge on any atom is 0.269 e. The highest BCUT2D eigenvalue weighted by Gasteiger charge is 2.24. The number of nitro groups is 1. The lowest BCUT2D eigenvalue weighted by Gasteiger charge is -2.35. The predicted octanol–water partition coefficient (Wildman–Crippen LogP) is 0.958. The Labute approximate surface area is 111 Å². The normalized spacial score (nSPS) is 19.2. The lowest BCUT2D eigenvalue weighted by atomic mass is 10.0. The summed E-state index contributed by atoms with van der Waals surface area (Å²) >= 11 is 0. The molecule has 6 nitrogen and oxygen atoms in total. The molecule has 1 aliphatic heterocycles. The van der Waals surface area contributed by atoms with Crippen molar-refractivity contribution in [2.24, 2.45) is 0 Å². The molecule has 0 aliphatic carbocycles. The number of piperazine rings is 1. The van der Waals surface area contributed by atoms with E-state index in [2.05, 4.69) is 5.32 Å². The van der Waals surface area contributed by atoms with Gasteiger partial charge in [0.1, 0.15) is 0 Å². The maximum absolute atomic E-state index is 11.6. The zero-order valence-electron chi connectivity index (χ0n) is 10.8. The van der Waals surface area contributed by atoms with Gasteiger partial charge in [-0.05, 0) is 12.0 Å². The molecule has 1 amide bonds. The average molecular weight is 263 g/mol. The molecule has 1 fully saturated rings. The van der Waals surface area contributed by atoms with E-state index in [4.69, 9.17) is 0 Å². The molecule has 0 spiro atoms. The molecule has 1 saturated heterocycles. The number of hydrogen-bond acceptors (Lipinski definition) is 4. The number of nitrogens with zero attached hydrogens (tertiary/aromatic N) is 2. The third kappa shape index (κ3) is 3.29. The lowest BCUT2D eigenvalue weighted by Crippen LogP contribution is -2.53. The van der Waals surface area contributed by atoms with Crippen LogP contribution in [0.3, 0.4) is 0 Å². The van der Waals surface area contributed by atoms with E-state index in [9.17, 15) is 14.9 Å². The smallest absolute Gasteiger partial charge is 0.269 e. The molecular formula is C13H17N3O3. The fraction of sp³-hybridized carbons (Fsp3) is 0.462. The van der Waals surface area contributed by atoms with Crippen LogP contribution in [0.4, 0.5) is 5.69 Å². The third-order valence-corrected chi connectivity index (χ3v) is 3.35. The van der Waals surface area contributed by atoms with Gasteiger partial charge in [-0.3, -0.25) is 14.9 Å². The molecular weight excluding hydrogens is 246 g/mol. The first kappa shape index (κ1) is 13.5. The van der Waals surface area contributed by atoms with Gasteiger partial charge in [0.2, 0.25) is 5.91 Å². The van der Waals surface area contributed by atoms with Crippen molar-refractivity contribution in [2.75, 3.05) is 19.6 Å². The molecule has 1 aromatic rings. The van der Waals surface area contributed by atoms with Crippen molar-refractivity contribution in [1.29, 1.82) is 0 Å². The van der Waals surface area contributed by atoms with Crippen LogP contribution in [0, 0.1) is 10.1 Å². The molecule has 1 aliphatic rings. The van der Waals surface area contributed by atoms with Gasteiger partial charge in [-0.1, -0.05) is 12.1 Å². The van der Waals surface area contributed by atoms with Crippen molar-refractivity contribution in [3.05, 3.63) is 39.9 Å². The second kappa shape index (κ2) is 5.79. The summed E-state index contributed by atoms with van der Waals surface area (Å²) in [5.41, 5.74) is 0.977. The van der Waals surface area contributed by atoms with Crippen LogP contribution in [-0.2, 0) is 11.2 Å². The highest BCUT2D eigenvalue weighted by Crippen LogP contribution is 2.17. The topological polar surface area (TPSA) is 75.5 Å². The van der Waals surface area contributed by atoms with E-state index in [1.54, 1.807) is 19.1 Å². The van der Waals surface area contributed by atoms with Crippen LogP contribution in [0.25, 0.3) is 0 Å². The standard InChI is InChI=1S/C13H17N3O3/c1-10(17)15-6-5-14-9-13(15)8-11-3-2-4-12(7-11)16(18)19/h2-4,7,13-14H,5-6,8-9H2,1H3. The fourth-order valence-corrected chi connectivity index (χ4v) is 2.43. The Morgan fingerprint density at radius 2 is 2.37 bits per heavy atom. The molecule has 1 atom stereocenters. The second-order valence-electron chi connectivity index (χ2n) is 4.70. The van der Waals surface area contributed by atoms with Gasteiger partial charge in [-0.2, -0.15) is 0 Å². The SMILES string of the molecule is CC(=O)N1CCNCC1Cc1cccc([N+](=O)[O-])c1. The van der Waals surface area contributed by atoms with Gasteiger partial charge in [0.25, 0.3) is 5.69 Å². The number of non-ortho nitro benzene ring substituents is 1. The Morgan fingerprint density at radius 3 is 3.05 bits per heavy atom. The van der Waals surface area contributed by atoms with Gasteiger partial charge >= 0.3 is 0 Å². The van der Waals surface area contributed by atoms with Gasteiger partial charge in [0.15, 0.2) is 0 Å². The van der Waals surface area contributed by atoms with Gasteiger partial charge in [-0.15, -0.1) is 0 Å². The minimum absolute atomic E-state index is 0.0527. The number of rotatable bonds is 3. The minimum atomic E-state index is -0.397. The first-order valence-electron chi connectivity index (χ1n) is 6.29. The number of nitro benzene ring substituents is 1. The molecule has 19 heavy (non-hydrogen) atoms. The lowest BCUT2D eigenvalue weighted by molar-refractivity contribution is -0.384. The monoisotopic (exact) mass is 263 g/mol. The zero-order valence-corrected chi connectivity index (χ0v) is 10.8. The van der Waals surface area contributed by atoms with Gasteiger partial charge in [0, 0.05) is 44.7 Å². The van der Waals surface area contributed by atoms with Crippen LogP contribution in [0.2, 0.25) is 0 Å². The van der Waals surface area contributed by atoms with Crippen molar-refractivity contribution in [2.45, 2.75) is 19.4 Å². The first-order valence-corrected chi connectivity index (χ1v) is 6.29. The summed E-state index contributed by atoms with van der Waals surface area (Å²) in [6.07, 6.45) is 0.633. The molecule has 1 aromatic carbocycles. The van der Waals surface area contributed by atoms with Crippen LogP contribution in [0.15, 0.2) is 24.3 Å². The second-order valence-corrected chi connectivity index (χ2v) is 4.70. The number of benzene rings is 1. The van der Waals surface area contributed by atoms with Crippen molar-refractivity contribution in [3.8, 4) is 0 Å². The largest absolute Gasteiger partial charge is 0.337 e. The van der Waals surface area contributed by atoms with E-state index in [-0.39, 0.29) is 17.6 Å². The average Bonchev–Trinajstić information content (AvgIpc) is 2.39. The first-order chi connectivity index (χ1) is 9.08. The van der Waals surface area contributed by atoms with Gasteiger partial charge in [-0.25, -0.2) is 0 Å². The molecule has 0 radical (unpaired) electrons. The molecule has 1 heterocycles. The molecule has 1 unspecified atom stereocenters. The Morgan fingerprint density at radius 1 is 1.58 bits per heavy atom. The van der Waals surface area contributed by atoms with E-state index < -0.39 is 4.92 Å². The van der Waals surface area contributed by atoms with E-state index in [0.717, 1.165) is 18.7 Å². The van der Waals surface area contributed by atoms with E-state index >= 15 is 0 Å². The molecule has 0 saturated carbocycles. The van der Waals surface area contributed by atoms with Gasteiger partial charge in [0.05, 0.1) is 4.92 Å². The van der Waals surface area contributed by atoms with Gasteiger partial charge < -0.3 is 10.2 Å². The summed E-state index contributed by atoms with van der Waals surface area (Å²) in [4.78, 5) is 23.7. The Balaban J connectivity index is 2.12. The molecule has 0 aromatic heterocycles. The molecule has 2 rings (SSSR count). The van der Waals surface area contributed by atoms with Crippen molar-refractivity contribution in [3.63, 3.8) is 0 Å². The zero-order chi connectivity index (χ0) is 13.8. The maximum atomic E-state index is 11.6. The highest BCUT2D eigenvalue weighted by atomic mass is 16.6. The molecule has 0 bridgehead atoms. The van der Waals surface area contributed by atoms with Crippen molar-refractivity contribution >= 4 is 11.6 Å². The number of carbonyl (C=O) groups excluding carboxylic acids is 1. The van der Waals surface area contributed by atoms with Crippen molar-refractivity contribution < 1.29 is 9.72 Å². The summed E-state index contributed by atoms with van der Waals surface area (Å²) in [7, 11) is 0. The molecule has 102 valence electrons. The highest BCUT2D eigenvalue weighted by molar-refractivity contribution is 5.73. The Hall–Kier alpha value is -1.95. The summed E-state index contributed by atoms with van der Waals surface area (Å²) in [6.45, 7) is 3.77. The fourth-order valence-electron chi connectivity index (χ4n) is 2.43. The third-order valence-electron chi connectivity index (χ3n) is 3.35. The minimum Gasteiger partial charge on any atom is -0.337 e. The Kier molecular flexibility index (Phi) is 4.11. The summed E-state index contributed by atoms with van der Waals surface area (Å²) < 4.78 is 0. The van der Waals surface area contributed by atoms with Crippen molar-refractivity contribution in [1.82, 2.24) is 10.2 Å². The summed E-state index contributed by atoms with van der Waals surface area (Å²) in [5, 5.41) is 14.0. The van der Waals surface area contributed by atoms with E-state index in [1.165, 1.54) is 6.07 Å². The van der Waals surface area contributed by atoms with Crippen LogP contribution >= 0.6 is 0 Å². The van der Waals surface area contributed by atoms with Crippen LogP contribution in [0.5, 0.6) is 0 Å². The summed E-state index contributed by atoms with van der Waals surface area (Å²) in [6, 6.07) is 6.66. The molecule has 6 heteroatoms. The predicted molar refractivity (Wildman–Crippen MR) is 70.8 cm³/mol. The Bertz CT molecular complexity index is 490. The molecule has 1 N–H and O–H groups in total. The van der Waals surface area contributed by atoms with Crippen LogP contribution in [-0.4, -0.2) is 41.4 Å². The van der Waals surface area contributed by atoms with Crippen LogP contribution < -0.4 is 5.32 Å². The number of amides is 1. The number of carbonyl (C=O) groups is 1.